The summed E-state index contributed by atoms with van der Waals surface area (Å²) < 4.78 is 6.12. The summed E-state index contributed by atoms with van der Waals surface area (Å²) in [6.45, 7) is 12.3. The Balaban J connectivity index is 0.00000280. The summed E-state index contributed by atoms with van der Waals surface area (Å²) in [5.41, 5.74) is 0.164. The first-order valence-corrected chi connectivity index (χ1v) is 10.1. The first kappa shape index (κ1) is 23.1. The minimum absolute atomic E-state index is 0. The highest BCUT2D eigenvalue weighted by molar-refractivity contribution is 14.0. The van der Waals surface area contributed by atoms with Crippen LogP contribution in [0.15, 0.2) is 23.5 Å². The number of anilines is 1. The number of aliphatic imine (C=N–C) groups is 1. The largest absolute Gasteiger partial charge is 0.377 e. The molecule has 3 heterocycles. The maximum atomic E-state index is 6.12. The molecule has 0 radical (unpaired) electrons. The summed E-state index contributed by atoms with van der Waals surface area (Å²) in [4.78, 5) is 17.8. The number of halogens is 1. The van der Waals surface area contributed by atoms with E-state index >= 15 is 0 Å². The molecule has 28 heavy (non-hydrogen) atoms. The van der Waals surface area contributed by atoms with Gasteiger partial charge in [-0.3, -0.25) is 4.99 Å². The SMILES string of the molecule is CN=C(NCC1CCCOC1C(C)(C)C)N1CCN(c2ncccn2)CC1.I. The van der Waals surface area contributed by atoms with Gasteiger partial charge in [-0.1, -0.05) is 20.8 Å². The Hall–Kier alpha value is -1.16. The van der Waals surface area contributed by atoms with Crippen molar-refractivity contribution in [2.45, 2.75) is 39.7 Å². The van der Waals surface area contributed by atoms with Crippen LogP contribution in [0.5, 0.6) is 0 Å². The first-order valence-electron chi connectivity index (χ1n) is 10.1. The van der Waals surface area contributed by atoms with Crippen LogP contribution in [0.1, 0.15) is 33.6 Å². The fourth-order valence-electron chi connectivity index (χ4n) is 4.14. The van der Waals surface area contributed by atoms with Gasteiger partial charge in [0.25, 0.3) is 0 Å². The molecule has 0 saturated carbocycles. The first-order chi connectivity index (χ1) is 13.0. The van der Waals surface area contributed by atoms with Crippen molar-refractivity contribution in [1.29, 1.82) is 0 Å². The van der Waals surface area contributed by atoms with Gasteiger partial charge in [0.05, 0.1) is 6.10 Å². The van der Waals surface area contributed by atoms with E-state index in [1.54, 1.807) is 12.4 Å². The van der Waals surface area contributed by atoms with E-state index in [0.29, 0.717) is 12.0 Å². The minimum Gasteiger partial charge on any atom is -0.377 e. The molecule has 1 aromatic heterocycles. The molecule has 2 fully saturated rings. The van der Waals surface area contributed by atoms with E-state index in [9.17, 15) is 0 Å². The van der Waals surface area contributed by atoms with E-state index in [-0.39, 0.29) is 29.4 Å². The van der Waals surface area contributed by atoms with Gasteiger partial charge in [-0.25, -0.2) is 9.97 Å². The van der Waals surface area contributed by atoms with Crippen LogP contribution in [0.3, 0.4) is 0 Å². The summed E-state index contributed by atoms with van der Waals surface area (Å²) in [5.74, 6) is 2.32. The molecular formula is C20H35IN6O. The second kappa shape index (κ2) is 10.6. The summed E-state index contributed by atoms with van der Waals surface area (Å²) in [5, 5.41) is 3.61. The van der Waals surface area contributed by atoms with Crippen molar-refractivity contribution in [3.63, 3.8) is 0 Å². The average molecular weight is 502 g/mol. The van der Waals surface area contributed by atoms with Crippen molar-refractivity contribution in [3.8, 4) is 0 Å². The van der Waals surface area contributed by atoms with Gasteiger partial charge < -0.3 is 19.9 Å². The van der Waals surface area contributed by atoms with Gasteiger partial charge in [-0.05, 0) is 24.3 Å². The lowest BCUT2D eigenvalue weighted by molar-refractivity contribution is -0.0836. The molecule has 0 bridgehead atoms. The van der Waals surface area contributed by atoms with Gasteiger partial charge in [0, 0.05) is 64.7 Å². The van der Waals surface area contributed by atoms with E-state index in [2.05, 4.69) is 50.8 Å². The second-order valence-electron chi connectivity index (χ2n) is 8.51. The van der Waals surface area contributed by atoms with Crippen LogP contribution in [0.25, 0.3) is 0 Å². The van der Waals surface area contributed by atoms with Crippen LogP contribution in [-0.2, 0) is 4.74 Å². The Morgan fingerprint density at radius 2 is 1.89 bits per heavy atom. The quantitative estimate of drug-likeness (QED) is 0.390. The van der Waals surface area contributed by atoms with Crippen molar-refractivity contribution in [1.82, 2.24) is 20.2 Å². The normalized spacial score (nSPS) is 23.9. The summed E-state index contributed by atoms with van der Waals surface area (Å²) >= 11 is 0. The predicted octanol–water partition coefficient (Wildman–Crippen LogP) is 2.63. The molecule has 1 N–H and O–H groups in total. The number of aromatic nitrogens is 2. The number of rotatable bonds is 3. The van der Waals surface area contributed by atoms with Crippen molar-refractivity contribution in [2.75, 3.05) is 51.3 Å². The molecule has 7 nitrogen and oxygen atoms in total. The lowest BCUT2D eigenvalue weighted by atomic mass is 9.78. The van der Waals surface area contributed by atoms with Crippen molar-refractivity contribution >= 4 is 35.9 Å². The number of nitrogens with zero attached hydrogens (tertiary/aromatic N) is 5. The summed E-state index contributed by atoms with van der Waals surface area (Å²) in [6.07, 6.45) is 6.25. The lowest BCUT2D eigenvalue weighted by Crippen LogP contribution is -2.54. The molecule has 3 rings (SSSR count). The third-order valence-electron chi connectivity index (χ3n) is 5.45. The summed E-state index contributed by atoms with van der Waals surface area (Å²) in [6, 6.07) is 1.85. The zero-order chi connectivity index (χ0) is 19.3. The molecule has 0 spiro atoms. The van der Waals surface area contributed by atoms with Crippen LogP contribution in [0.2, 0.25) is 0 Å². The average Bonchev–Trinajstić information content (AvgIpc) is 2.69. The molecule has 2 aliphatic rings. The zero-order valence-electron chi connectivity index (χ0n) is 17.6. The molecule has 1 aromatic rings. The molecule has 2 atom stereocenters. The molecule has 8 heteroatoms. The molecule has 2 saturated heterocycles. The number of hydrogen-bond acceptors (Lipinski definition) is 5. The molecule has 2 aliphatic heterocycles. The Bertz CT molecular complexity index is 613. The van der Waals surface area contributed by atoms with E-state index in [1.165, 1.54) is 6.42 Å². The minimum atomic E-state index is 0. The highest BCUT2D eigenvalue weighted by Gasteiger charge is 2.35. The molecule has 0 aliphatic carbocycles. The van der Waals surface area contributed by atoms with Crippen molar-refractivity contribution < 1.29 is 4.74 Å². The van der Waals surface area contributed by atoms with Gasteiger partial charge in [-0.15, -0.1) is 24.0 Å². The van der Waals surface area contributed by atoms with E-state index in [1.807, 2.05) is 13.1 Å². The van der Waals surface area contributed by atoms with Crippen molar-refractivity contribution in [3.05, 3.63) is 18.5 Å². The van der Waals surface area contributed by atoms with Crippen LogP contribution in [-0.4, -0.2) is 73.3 Å². The Morgan fingerprint density at radius 3 is 2.50 bits per heavy atom. The number of nitrogens with one attached hydrogen (secondary N) is 1. The molecule has 0 amide bonds. The maximum Gasteiger partial charge on any atom is 0.225 e. The van der Waals surface area contributed by atoms with Crippen LogP contribution < -0.4 is 10.2 Å². The van der Waals surface area contributed by atoms with Gasteiger partial charge >= 0.3 is 0 Å². The fourth-order valence-corrected chi connectivity index (χ4v) is 4.14. The zero-order valence-corrected chi connectivity index (χ0v) is 19.9. The van der Waals surface area contributed by atoms with Gasteiger partial charge in [0.2, 0.25) is 5.95 Å². The molecule has 2 unspecified atom stereocenters. The number of ether oxygens (including phenoxy) is 1. The number of hydrogen-bond donors (Lipinski definition) is 1. The van der Waals surface area contributed by atoms with Gasteiger partial charge in [0.1, 0.15) is 0 Å². The van der Waals surface area contributed by atoms with Crippen molar-refractivity contribution in [2.24, 2.45) is 16.3 Å². The molecular weight excluding hydrogens is 467 g/mol. The number of piperazine rings is 1. The highest BCUT2D eigenvalue weighted by atomic mass is 127. The Morgan fingerprint density at radius 1 is 1.21 bits per heavy atom. The van der Waals surface area contributed by atoms with Gasteiger partial charge in [0.15, 0.2) is 5.96 Å². The second-order valence-corrected chi connectivity index (χ2v) is 8.51. The van der Waals surface area contributed by atoms with E-state index < -0.39 is 0 Å². The van der Waals surface area contributed by atoms with Crippen LogP contribution in [0.4, 0.5) is 5.95 Å². The van der Waals surface area contributed by atoms with Crippen LogP contribution >= 0.6 is 24.0 Å². The lowest BCUT2D eigenvalue weighted by Gasteiger charge is -2.41. The Kier molecular flexibility index (Phi) is 8.73. The van der Waals surface area contributed by atoms with E-state index in [4.69, 9.17) is 4.74 Å². The molecule has 158 valence electrons. The predicted molar refractivity (Wildman–Crippen MR) is 125 cm³/mol. The monoisotopic (exact) mass is 502 g/mol. The topological polar surface area (TPSA) is 65.9 Å². The fraction of sp³-hybridized carbons (Fsp3) is 0.750. The van der Waals surface area contributed by atoms with E-state index in [0.717, 1.165) is 57.7 Å². The van der Waals surface area contributed by atoms with Crippen LogP contribution in [0, 0.1) is 11.3 Å². The standard InChI is InChI=1S/C20H34N6O.HI/c1-20(2,3)17-16(7-5-14-27-17)15-24-18(21-4)25-10-12-26(13-11-25)19-22-8-6-9-23-19;/h6,8-9,16-17H,5,7,10-15H2,1-4H3,(H,21,24);1H. The van der Waals surface area contributed by atoms with Gasteiger partial charge in [-0.2, -0.15) is 0 Å². The number of guanidine groups is 1. The summed E-state index contributed by atoms with van der Waals surface area (Å²) in [7, 11) is 1.87. The Labute approximate surface area is 186 Å². The molecule has 0 aromatic carbocycles. The smallest absolute Gasteiger partial charge is 0.225 e. The highest BCUT2D eigenvalue weighted by Crippen LogP contribution is 2.33. The third-order valence-corrected chi connectivity index (χ3v) is 5.45. The maximum absolute atomic E-state index is 6.12. The third kappa shape index (κ3) is 5.92.